The van der Waals surface area contributed by atoms with Gasteiger partial charge in [0, 0.05) is 18.8 Å². The molecule has 0 radical (unpaired) electrons. The fourth-order valence-electron chi connectivity index (χ4n) is 2.80. The fourth-order valence-corrected chi connectivity index (χ4v) is 5.01. The molecule has 130 valence electrons. The Balaban J connectivity index is 1.54. The smallest absolute Gasteiger partial charge is 0.410 e. The van der Waals surface area contributed by atoms with Crippen LogP contribution in [0, 0.1) is 5.92 Å². The van der Waals surface area contributed by atoms with Crippen molar-refractivity contribution in [3.8, 4) is 0 Å². The zero-order chi connectivity index (χ0) is 17.2. The maximum Gasteiger partial charge on any atom is 0.410 e. The lowest BCUT2D eigenvalue weighted by molar-refractivity contribution is 0.0177. The molecule has 24 heavy (non-hydrogen) atoms. The lowest BCUT2D eigenvalue weighted by Crippen LogP contribution is -2.43. The minimum atomic E-state index is -0.431. The molecule has 1 aromatic heterocycles. The van der Waals surface area contributed by atoms with Crippen LogP contribution in [0.15, 0.2) is 28.6 Å². The molecule has 2 aromatic rings. The average molecular weight is 365 g/mol. The third-order valence-corrected chi connectivity index (χ3v) is 6.30. The zero-order valence-corrected chi connectivity index (χ0v) is 16.1. The molecule has 0 spiro atoms. The number of thioether (sulfide) groups is 1. The lowest BCUT2D eigenvalue weighted by atomic mass is 10.0. The SMILES string of the molecule is CC(C)(C)OC(=O)N1CCC[C@@H](CSc2nc3ccccc3s2)C1. The van der Waals surface area contributed by atoms with Crippen LogP contribution in [0.1, 0.15) is 33.6 Å². The normalized spacial score (nSPS) is 18.8. The van der Waals surface area contributed by atoms with Crippen molar-refractivity contribution >= 4 is 39.4 Å². The number of hydrogen-bond acceptors (Lipinski definition) is 5. The van der Waals surface area contributed by atoms with Crippen molar-refractivity contribution in [2.75, 3.05) is 18.8 Å². The van der Waals surface area contributed by atoms with E-state index in [0.717, 1.165) is 41.5 Å². The monoisotopic (exact) mass is 364 g/mol. The summed E-state index contributed by atoms with van der Waals surface area (Å²) in [5, 5.41) is 0. The fraction of sp³-hybridized carbons (Fsp3) is 0.556. The standard InChI is InChI=1S/C18H24N2O2S2/c1-18(2,3)22-17(21)20-10-6-7-13(11-20)12-23-16-19-14-8-4-5-9-15(14)24-16/h4-5,8-9,13H,6-7,10-12H2,1-3H3/t13-/m1/s1. The molecule has 1 saturated heterocycles. The molecule has 0 aliphatic carbocycles. The van der Waals surface area contributed by atoms with Crippen LogP contribution in [0.25, 0.3) is 10.2 Å². The van der Waals surface area contributed by atoms with Gasteiger partial charge in [0.15, 0.2) is 4.34 Å². The molecule has 1 atom stereocenters. The van der Waals surface area contributed by atoms with Crippen molar-refractivity contribution in [2.45, 2.75) is 43.6 Å². The van der Waals surface area contributed by atoms with Gasteiger partial charge in [0.2, 0.25) is 0 Å². The Labute approximate surface area is 151 Å². The number of nitrogens with zero attached hydrogens (tertiary/aromatic N) is 2. The number of carbonyl (C=O) groups excluding carboxylic acids is 1. The molecule has 0 N–H and O–H groups in total. The van der Waals surface area contributed by atoms with E-state index in [1.54, 1.807) is 11.3 Å². The van der Waals surface area contributed by atoms with Gasteiger partial charge in [-0.3, -0.25) is 0 Å². The molecule has 6 heteroatoms. The van der Waals surface area contributed by atoms with Crippen LogP contribution >= 0.6 is 23.1 Å². The van der Waals surface area contributed by atoms with Gasteiger partial charge in [-0.15, -0.1) is 11.3 Å². The van der Waals surface area contributed by atoms with Crippen LogP contribution in [0.5, 0.6) is 0 Å². The number of thiazole rings is 1. The average Bonchev–Trinajstić information content (AvgIpc) is 2.94. The number of amides is 1. The first kappa shape index (κ1) is 17.5. The Morgan fingerprint density at radius 3 is 2.96 bits per heavy atom. The van der Waals surface area contributed by atoms with Crippen molar-refractivity contribution < 1.29 is 9.53 Å². The molecule has 1 amide bonds. The van der Waals surface area contributed by atoms with Crippen LogP contribution in [0.2, 0.25) is 0 Å². The number of aromatic nitrogens is 1. The summed E-state index contributed by atoms with van der Waals surface area (Å²) in [6.07, 6.45) is 2.03. The van der Waals surface area contributed by atoms with Crippen LogP contribution in [0.4, 0.5) is 4.79 Å². The van der Waals surface area contributed by atoms with E-state index >= 15 is 0 Å². The molecule has 2 heterocycles. The Hall–Kier alpha value is -1.27. The van der Waals surface area contributed by atoms with Gasteiger partial charge in [0.25, 0.3) is 0 Å². The highest BCUT2D eigenvalue weighted by molar-refractivity contribution is 8.01. The van der Waals surface area contributed by atoms with E-state index in [2.05, 4.69) is 23.2 Å². The molecule has 4 nitrogen and oxygen atoms in total. The number of fused-ring (bicyclic) bond motifs is 1. The van der Waals surface area contributed by atoms with E-state index in [4.69, 9.17) is 4.74 Å². The second-order valence-corrected chi connectivity index (χ2v) is 9.49. The largest absolute Gasteiger partial charge is 0.444 e. The molecule has 0 bridgehead atoms. The second-order valence-electron chi connectivity index (χ2n) is 7.19. The maximum absolute atomic E-state index is 12.2. The van der Waals surface area contributed by atoms with Gasteiger partial charge in [-0.05, 0) is 51.7 Å². The number of ether oxygens (including phenoxy) is 1. The third kappa shape index (κ3) is 4.63. The third-order valence-electron chi connectivity index (χ3n) is 3.89. The minimum absolute atomic E-state index is 0.183. The number of rotatable bonds is 3. The van der Waals surface area contributed by atoms with Gasteiger partial charge in [-0.1, -0.05) is 23.9 Å². The predicted octanol–water partition coefficient (Wildman–Crippen LogP) is 5.04. The Morgan fingerprint density at radius 2 is 2.21 bits per heavy atom. The molecule has 1 aliphatic rings. The highest BCUT2D eigenvalue weighted by Crippen LogP contribution is 2.32. The van der Waals surface area contributed by atoms with Crippen molar-refractivity contribution in [1.29, 1.82) is 0 Å². The van der Waals surface area contributed by atoms with Gasteiger partial charge in [0.05, 0.1) is 10.2 Å². The van der Waals surface area contributed by atoms with E-state index in [0.29, 0.717) is 5.92 Å². The van der Waals surface area contributed by atoms with Gasteiger partial charge in [0.1, 0.15) is 5.60 Å². The second kappa shape index (κ2) is 7.31. The van der Waals surface area contributed by atoms with E-state index in [1.165, 1.54) is 4.70 Å². The summed E-state index contributed by atoms with van der Waals surface area (Å²) in [6.45, 7) is 7.32. The summed E-state index contributed by atoms with van der Waals surface area (Å²) in [7, 11) is 0. The van der Waals surface area contributed by atoms with E-state index in [9.17, 15) is 4.79 Å². The quantitative estimate of drug-likeness (QED) is 0.716. The summed E-state index contributed by atoms with van der Waals surface area (Å²) in [5.74, 6) is 1.50. The molecule has 1 aromatic carbocycles. The first-order chi connectivity index (χ1) is 11.4. The molecular formula is C18H24N2O2S2. The molecular weight excluding hydrogens is 340 g/mol. The van der Waals surface area contributed by atoms with Gasteiger partial charge >= 0.3 is 6.09 Å². The summed E-state index contributed by atoms with van der Waals surface area (Å²) >= 11 is 3.56. The van der Waals surface area contributed by atoms with Gasteiger partial charge < -0.3 is 9.64 Å². The van der Waals surface area contributed by atoms with Crippen molar-refractivity contribution in [3.63, 3.8) is 0 Å². The number of hydrogen-bond donors (Lipinski definition) is 0. The zero-order valence-electron chi connectivity index (χ0n) is 14.4. The first-order valence-electron chi connectivity index (χ1n) is 8.37. The molecule has 3 rings (SSSR count). The van der Waals surface area contributed by atoms with Crippen molar-refractivity contribution in [2.24, 2.45) is 5.92 Å². The number of likely N-dealkylation sites (tertiary alicyclic amines) is 1. The number of piperidine rings is 1. The Morgan fingerprint density at radius 1 is 1.42 bits per heavy atom. The summed E-state index contributed by atoms with van der Waals surface area (Å²) in [6, 6.07) is 8.24. The van der Waals surface area contributed by atoms with Crippen LogP contribution < -0.4 is 0 Å². The van der Waals surface area contributed by atoms with E-state index < -0.39 is 5.60 Å². The number of carbonyl (C=O) groups is 1. The molecule has 0 saturated carbocycles. The number of benzene rings is 1. The van der Waals surface area contributed by atoms with Crippen molar-refractivity contribution in [3.05, 3.63) is 24.3 Å². The minimum Gasteiger partial charge on any atom is -0.444 e. The topological polar surface area (TPSA) is 42.4 Å². The highest BCUT2D eigenvalue weighted by atomic mass is 32.2. The summed E-state index contributed by atoms with van der Waals surface area (Å²) in [4.78, 5) is 18.8. The molecule has 1 aliphatic heterocycles. The van der Waals surface area contributed by atoms with E-state index in [-0.39, 0.29) is 6.09 Å². The summed E-state index contributed by atoms with van der Waals surface area (Å²) in [5.41, 5.74) is 0.642. The predicted molar refractivity (Wildman–Crippen MR) is 101 cm³/mol. The highest BCUT2D eigenvalue weighted by Gasteiger charge is 2.27. The molecule has 1 fully saturated rings. The molecule has 0 unspecified atom stereocenters. The number of para-hydroxylation sites is 1. The van der Waals surface area contributed by atoms with Crippen LogP contribution in [0.3, 0.4) is 0 Å². The van der Waals surface area contributed by atoms with Gasteiger partial charge in [-0.25, -0.2) is 9.78 Å². The van der Waals surface area contributed by atoms with Gasteiger partial charge in [-0.2, -0.15) is 0 Å². The maximum atomic E-state index is 12.2. The van der Waals surface area contributed by atoms with Crippen LogP contribution in [-0.4, -0.2) is 40.4 Å². The van der Waals surface area contributed by atoms with E-state index in [1.807, 2.05) is 43.5 Å². The lowest BCUT2D eigenvalue weighted by Gasteiger charge is -2.33. The first-order valence-corrected chi connectivity index (χ1v) is 10.2. The van der Waals surface area contributed by atoms with Crippen molar-refractivity contribution in [1.82, 2.24) is 9.88 Å². The summed E-state index contributed by atoms with van der Waals surface area (Å²) < 4.78 is 7.85. The Kier molecular flexibility index (Phi) is 5.35. The van der Waals surface area contributed by atoms with Crippen LogP contribution in [-0.2, 0) is 4.74 Å². The Bertz CT molecular complexity index is 675.